The molecule has 0 unspecified atom stereocenters. The summed E-state index contributed by atoms with van der Waals surface area (Å²) in [6, 6.07) is 8.10. The molecule has 2 saturated carbocycles. The summed E-state index contributed by atoms with van der Waals surface area (Å²) in [6.45, 7) is 14.0. The molecule has 0 heterocycles. The van der Waals surface area contributed by atoms with Crippen LogP contribution in [-0.2, 0) is 33.3 Å². The van der Waals surface area contributed by atoms with Crippen LogP contribution in [0.2, 0.25) is 0 Å². The Hall–Kier alpha value is -3.54. The number of carbonyl (C=O) groups is 4. The van der Waals surface area contributed by atoms with Gasteiger partial charge in [0.1, 0.15) is 30.5 Å². The van der Waals surface area contributed by atoms with Gasteiger partial charge in [-0.15, -0.1) is 0 Å². The number of rotatable bonds is 6. The van der Waals surface area contributed by atoms with Crippen molar-refractivity contribution in [3.63, 3.8) is 0 Å². The Morgan fingerprint density at radius 3 is 2.00 bits per heavy atom. The molecule has 0 bridgehead atoms. The van der Waals surface area contributed by atoms with Gasteiger partial charge in [-0.2, -0.15) is 0 Å². The van der Waals surface area contributed by atoms with E-state index in [0.29, 0.717) is 5.57 Å². The fourth-order valence-electron chi connectivity index (χ4n) is 7.85. The highest BCUT2D eigenvalue weighted by Crippen LogP contribution is 2.65. The number of carbonyl (C=O) groups excluding carboxylic acids is 4. The maximum atomic E-state index is 13.6. The van der Waals surface area contributed by atoms with Crippen molar-refractivity contribution >= 4 is 23.9 Å². The second kappa shape index (κ2) is 11.8. The zero-order valence-corrected chi connectivity index (χ0v) is 26.2. The zero-order valence-electron chi connectivity index (χ0n) is 26.2. The number of aliphatic hydroxyl groups excluding tert-OH is 2. The number of aliphatic hydroxyl groups is 3. The van der Waals surface area contributed by atoms with Crippen molar-refractivity contribution in [2.75, 3.05) is 0 Å². The first-order valence-electron chi connectivity index (χ1n) is 14.6. The minimum Gasteiger partial charge on any atom is -0.462 e. The van der Waals surface area contributed by atoms with Gasteiger partial charge >= 0.3 is 23.9 Å². The SMILES string of the molecule is C=C1[C@@H](O)C[C@H](OC(C)=O)[C@]2(C)[C@@H](OC(=O)c3ccccc3)[C@H](O)C3=C(C)[C@@H](OC(C)=O)C[C@@]3(C(C)(C)O)[C@@H](OC(C)=O)[C@H]12. The minimum absolute atomic E-state index is 0.111. The molecule has 1 aromatic carbocycles. The van der Waals surface area contributed by atoms with Gasteiger partial charge in [0.25, 0.3) is 0 Å². The van der Waals surface area contributed by atoms with E-state index < -0.39 is 82.8 Å². The van der Waals surface area contributed by atoms with Gasteiger partial charge in [-0.3, -0.25) is 14.4 Å². The molecule has 3 N–H and O–H groups in total. The highest BCUT2D eigenvalue weighted by atomic mass is 16.6. The van der Waals surface area contributed by atoms with Crippen LogP contribution in [0.1, 0.15) is 71.7 Å². The Morgan fingerprint density at radius 2 is 1.48 bits per heavy atom. The Bertz CT molecular complexity index is 1380. The van der Waals surface area contributed by atoms with Gasteiger partial charge in [-0.1, -0.05) is 31.7 Å². The summed E-state index contributed by atoms with van der Waals surface area (Å²) in [7, 11) is 0. The van der Waals surface area contributed by atoms with E-state index in [1.807, 2.05) is 0 Å². The summed E-state index contributed by atoms with van der Waals surface area (Å²) in [5.74, 6) is -3.97. The molecule has 11 heteroatoms. The van der Waals surface area contributed by atoms with E-state index in [9.17, 15) is 34.5 Å². The van der Waals surface area contributed by atoms with E-state index in [0.717, 1.165) is 0 Å². The third-order valence-corrected chi connectivity index (χ3v) is 9.75. The van der Waals surface area contributed by atoms with Gasteiger partial charge in [-0.05, 0) is 49.6 Å². The lowest BCUT2D eigenvalue weighted by molar-refractivity contribution is -0.208. The van der Waals surface area contributed by atoms with Crippen molar-refractivity contribution in [1.82, 2.24) is 0 Å². The van der Waals surface area contributed by atoms with E-state index in [4.69, 9.17) is 18.9 Å². The molecule has 4 rings (SSSR count). The molecule has 0 spiro atoms. The van der Waals surface area contributed by atoms with Crippen LogP contribution in [0.5, 0.6) is 0 Å². The average molecular weight is 615 g/mol. The summed E-state index contributed by atoms with van der Waals surface area (Å²) in [4.78, 5) is 51.1. The number of fused-ring (bicyclic) bond motifs is 2. The molecule has 0 aromatic heterocycles. The van der Waals surface area contributed by atoms with Crippen molar-refractivity contribution < 1.29 is 53.4 Å². The summed E-state index contributed by atoms with van der Waals surface area (Å²) >= 11 is 0. The predicted octanol–water partition coefficient (Wildman–Crippen LogP) is 2.80. The molecular formula is C33H42O11. The van der Waals surface area contributed by atoms with E-state index >= 15 is 0 Å². The topological polar surface area (TPSA) is 166 Å². The fraction of sp³-hybridized carbons (Fsp3) is 0.576. The van der Waals surface area contributed by atoms with Crippen LogP contribution in [0, 0.1) is 16.7 Å². The second-order valence-corrected chi connectivity index (χ2v) is 12.9. The number of ether oxygens (including phenoxy) is 4. The van der Waals surface area contributed by atoms with E-state index in [1.54, 1.807) is 32.0 Å². The van der Waals surface area contributed by atoms with E-state index in [-0.39, 0.29) is 29.6 Å². The quantitative estimate of drug-likeness (QED) is 0.245. The smallest absolute Gasteiger partial charge is 0.338 e. The van der Waals surface area contributed by atoms with E-state index in [2.05, 4.69) is 6.58 Å². The van der Waals surface area contributed by atoms with E-state index in [1.165, 1.54) is 46.8 Å². The highest BCUT2D eigenvalue weighted by molar-refractivity contribution is 5.89. The molecule has 3 aliphatic carbocycles. The van der Waals surface area contributed by atoms with Crippen LogP contribution in [0.15, 0.2) is 53.6 Å². The average Bonchev–Trinajstić information content (AvgIpc) is 3.18. The predicted molar refractivity (Wildman–Crippen MR) is 156 cm³/mol. The maximum absolute atomic E-state index is 13.6. The molecular weight excluding hydrogens is 572 g/mol. The lowest BCUT2D eigenvalue weighted by Crippen LogP contribution is -2.63. The number of esters is 4. The first-order chi connectivity index (χ1) is 20.4. The monoisotopic (exact) mass is 614 g/mol. The zero-order chi connectivity index (χ0) is 32.9. The number of hydrogen-bond donors (Lipinski definition) is 3. The normalized spacial score (nSPS) is 35.1. The molecule has 2 fully saturated rings. The van der Waals surface area contributed by atoms with Crippen LogP contribution in [-0.4, -0.2) is 81.4 Å². The van der Waals surface area contributed by atoms with Crippen LogP contribution in [0.25, 0.3) is 0 Å². The molecule has 1 aromatic rings. The van der Waals surface area contributed by atoms with Crippen LogP contribution >= 0.6 is 0 Å². The third-order valence-electron chi connectivity index (χ3n) is 9.75. The molecule has 0 saturated heterocycles. The summed E-state index contributed by atoms with van der Waals surface area (Å²) in [6.07, 6.45) is -8.13. The maximum Gasteiger partial charge on any atom is 0.338 e. The molecule has 240 valence electrons. The van der Waals surface area contributed by atoms with Crippen LogP contribution < -0.4 is 0 Å². The Kier molecular flexibility index (Phi) is 8.91. The first kappa shape index (κ1) is 33.4. The number of benzene rings is 1. The van der Waals surface area contributed by atoms with Crippen LogP contribution in [0.3, 0.4) is 0 Å². The largest absolute Gasteiger partial charge is 0.462 e. The lowest BCUT2D eigenvalue weighted by atomic mass is 9.54. The van der Waals surface area contributed by atoms with Gasteiger partial charge in [0.05, 0.1) is 28.1 Å². The summed E-state index contributed by atoms with van der Waals surface area (Å²) in [5, 5.41) is 35.8. The number of hydrogen-bond acceptors (Lipinski definition) is 11. The molecule has 0 amide bonds. The van der Waals surface area contributed by atoms with Crippen molar-refractivity contribution in [2.45, 2.75) is 104 Å². The van der Waals surface area contributed by atoms with Gasteiger partial charge in [0.2, 0.25) is 0 Å². The third kappa shape index (κ3) is 5.35. The van der Waals surface area contributed by atoms with Gasteiger partial charge in [0, 0.05) is 39.5 Å². The van der Waals surface area contributed by atoms with Crippen molar-refractivity contribution in [3.8, 4) is 0 Å². The molecule has 9 atom stereocenters. The van der Waals surface area contributed by atoms with Crippen molar-refractivity contribution in [1.29, 1.82) is 0 Å². The Labute approximate surface area is 256 Å². The molecule has 0 aliphatic heterocycles. The van der Waals surface area contributed by atoms with Crippen LogP contribution in [0.4, 0.5) is 0 Å². The Morgan fingerprint density at radius 1 is 0.909 bits per heavy atom. The molecule has 11 nitrogen and oxygen atoms in total. The lowest BCUT2D eigenvalue weighted by Gasteiger charge is -2.55. The van der Waals surface area contributed by atoms with Crippen molar-refractivity contribution in [3.05, 3.63) is 59.2 Å². The Balaban J connectivity index is 2.11. The minimum atomic E-state index is -1.77. The fourth-order valence-corrected chi connectivity index (χ4v) is 7.85. The molecule has 0 radical (unpaired) electrons. The second-order valence-electron chi connectivity index (χ2n) is 12.9. The molecule has 3 aliphatic rings. The van der Waals surface area contributed by atoms with Gasteiger partial charge in [-0.25, -0.2) is 4.79 Å². The standard InChI is InChI=1S/C33H42O11/c1-16-22(37)14-24(42-19(4)35)32(8)26(16)28(43-20(5)36)33(31(6,7)40)15-23(41-18(3)34)17(2)25(33)27(38)29(32)44-30(39)21-12-10-9-11-13-21/h9-13,22-24,26-29,37-38,40H,1,14-15H2,2-8H3/t22-,23-,24-,26-,27+,28-,29-,32-,33-/m0/s1. The summed E-state index contributed by atoms with van der Waals surface area (Å²) < 4.78 is 23.6. The highest BCUT2D eigenvalue weighted by Gasteiger charge is 2.73. The summed E-state index contributed by atoms with van der Waals surface area (Å²) in [5.41, 5.74) is -4.07. The van der Waals surface area contributed by atoms with Gasteiger partial charge < -0.3 is 34.3 Å². The van der Waals surface area contributed by atoms with Crippen molar-refractivity contribution in [2.24, 2.45) is 16.7 Å². The van der Waals surface area contributed by atoms with Gasteiger partial charge in [0.15, 0.2) is 0 Å². The molecule has 44 heavy (non-hydrogen) atoms. The first-order valence-corrected chi connectivity index (χ1v) is 14.6.